The lowest BCUT2D eigenvalue weighted by Gasteiger charge is -2.47. The molecule has 4 heterocycles. The summed E-state index contributed by atoms with van der Waals surface area (Å²) in [4.78, 5) is 35.0. The van der Waals surface area contributed by atoms with E-state index in [1.165, 1.54) is 5.56 Å². The van der Waals surface area contributed by atoms with Crippen molar-refractivity contribution >= 4 is 30.7 Å². The van der Waals surface area contributed by atoms with E-state index in [1.807, 2.05) is 39.8 Å². The fourth-order valence-corrected chi connectivity index (χ4v) is 5.30. The van der Waals surface area contributed by atoms with E-state index in [0.717, 1.165) is 24.2 Å². The molecule has 3 aromatic rings. The Balaban J connectivity index is 0.00000153. The summed E-state index contributed by atoms with van der Waals surface area (Å²) in [5.41, 5.74) is 9.41. The van der Waals surface area contributed by atoms with Gasteiger partial charge < -0.3 is 20.2 Å². The highest BCUT2D eigenvalue weighted by atomic mass is 35.5. The predicted molar refractivity (Wildman–Crippen MR) is 132 cm³/mol. The highest BCUT2D eigenvalue weighted by molar-refractivity contribution is 5.85. The average molecular weight is 490 g/mol. The van der Waals surface area contributed by atoms with Crippen LogP contribution >= 0.6 is 24.8 Å². The van der Waals surface area contributed by atoms with E-state index in [2.05, 4.69) is 22.1 Å². The molecule has 2 aromatic heterocycles. The predicted octanol–water partition coefficient (Wildman–Crippen LogP) is 2.71. The second-order valence-electron chi connectivity index (χ2n) is 8.74. The third-order valence-corrected chi connectivity index (χ3v) is 6.71. The molecule has 176 valence electrons. The molecule has 1 amide bonds. The number of H-pyrrole nitrogens is 1. The number of hydrogen-bond donors (Lipinski definition) is 2. The van der Waals surface area contributed by atoms with Crippen LogP contribution in [0.15, 0.2) is 65.8 Å². The minimum atomic E-state index is -0.607. The molecule has 0 aliphatic carbocycles. The zero-order valence-corrected chi connectivity index (χ0v) is 19.8. The number of amides is 1. The Morgan fingerprint density at radius 3 is 2.64 bits per heavy atom. The Morgan fingerprint density at radius 1 is 1.12 bits per heavy atom. The number of nitrogens with zero attached hydrogens (tertiary/aromatic N) is 3. The molecule has 5 rings (SSSR count). The maximum absolute atomic E-state index is 13.2. The minimum Gasteiger partial charge on any atom is -0.348 e. The lowest BCUT2D eigenvalue weighted by Crippen LogP contribution is -2.55. The van der Waals surface area contributed by atoms with E-state index < -0.39 is 6.04 Å². The summed E-state index contributed by atoms with van der Waals surface area (Å²) in [6.07, 6.45) is 5.50. The zero-order valence-electron chi connectivity index (χ0n) is 18.2. The number of aromatic amines is 1. The number of nitrogens with one attached hydrogen (secondary N) is 1. The van der Waals surface area contributed by atoms with Gasteiger partial charge in [-0.1, -0.05) is 36.4 Å². The molecule has 0 saturated carbocycles. The Labute approximate surface area is 205 Å². The van der Waals surface area contributed by atoms with Crippen molar-refractivity contribution in [3.8, 4) is 0 Å². The summed E-state index contributed by atoms with van der Waals surface area (Å²) in [6.45, 7) is 1.23. The molecule has 3 N–H and O–H groups in total. The normalized spacial score (nSPS) is 21.8. The number of piperidine rings is 1. The number of nitrogens with two attached hydrogens (primary N) is 1. The number of carbonyl (C=O) groups excluding carboxylic acids is 1. The molecular weight excluding hydrogens is 461 g/mol. The van der Waals surface area contributed by atoms with Crippen molar-refractivity contribution in [2.45, 2.75) is 37.3 Å². The van der Waals surface area contributed by atoms with Crippen LogP contribution in [-0.2, 0) is 17.6 Å². The van der Waals surface area contributed by atoms with Crippen LogP contribution in [0.3, 0.4) is 0 Å². The highest BCUT2D eigenvalue weighted by Crippen LogP contribution is 2.42. The SMILES string of the molecule is Cl.Cl.N[C@@H](Cc1cnc[nH]1)C(=O)N1C[C@H]2C[C@@H](C1)[C@H](Cc1ccccc1)n1c2cccc1=O. The molecule has 1 saturated heterocycles. The van der Waals surface area contributed by atoms with Crippen LogP contribution in [-0.4, -0.2) is 44.5 Å². The molecule has 7 nitrogen and oxygen atoms in total. The summed E-state index contributed by atoms with van der Waals surface area (Å²) >= 11 is 0. The molecule has 2 aliphatic heterocycles. The van der Waals surface area contributed by atoms with Crippen molar-refractivity contribution in [2.75, 3.05) is 13.1 Å². The molecule has 4 atom stereocenters. The molecule has 33 heavy (non-hydrogen) atoms. The summed E-state index contributed by atoms with van der Waals surface area (Å²) in [5.74, 6) is 0.340. The van der Waals surface area contributed by atoms with Crippen molar-refractivity contribution in [3.63, 3.8) is 0 Å². The first kappa shape index (κ1) is 25.0. The van der Waals surface area contributed by atoms with Crippen LogP contribution < -0.4 is 11.3 Å². The minimum absolute atomic E-state index is 0. The Kier molecular flexibility index (Phi) is 8.00. The van der Waals surface area contributed by atoms with Gasteiger partial charge in [0, 0.05) is 55.1 Å². The van der Waals surface area contributed by atoms with Crippen LogP contribution in [0.25, 0.3) is 0 Å². The van der Waals surface area contributed by atoms with E-state index >= 15 is 0 Å². The summed E-state index contributed by atoms with van der Waals surface area (Å²) < 4.78 is 1.98. The summed E-state index contributed by atoms with van der Waals surface area (Å²) in [5, 5.41) is 0. The van der Waals surface area contributed by atoms with Crippen LogP contribution in [0.4, 0.5) is 0 Å². The van der Waals surface area contributed by atoms with Gasteiger partial charge in [-0.2, -0.15) is 0 Å². The van der Waals surface area contributed by atoms with Crippen molar-refractivity contribution in [1.29, 1.82) is 0 Å². The van der Waals surface area contributed by atoms with Gasteiger partial charge in [0.1, 0.15) is 0 Å². The van der Waals surface area contributed by atoms with Crippen molar-refractivity contribution in [1.82, 2.24) is 19.4 Å². The van der Waals surface area contributed by atoms with Gasteiger partial charge in [-0.25, -0.2) is 4.98 Å². The van der Waals surface area contributed by atoms with Crippen molar-refractivity contribution in [3.05, 3.63) is 88.4 Å². The smallest absolute Gasteiger partial charge is 0.251 e. The number of halogens is 2. The van der Waals surface area contributed by atoms with Crippen LogP contribution in [0.5, 0.6) is 0 Å². The first-order valence-corrected chi connectivity index (χ1v) is 10.9. The molecule has 2 bridgehead atoms. The molecule has 0 radical (unpaired) electrons. The Hall–Kier alpha value is -2.61. The van der Waals surface area contributed by atoms with Crippen LogP contribution in [0.1, 0.15) is 35.3 Å². The van der Waals surface area contributed by atoms with E-state index in [1.54, 1.807) is 18.6 Å². The van der Waals surface area contributed by atoms with Crippen molar-refractivity contribution < 1.29 is 4.79 Å². The average Bonchev–Trinajstić information content (AvgIpc) is 3.30. The number of carbonyl (C=O) groups is 1. The lowest BCUT2D eigenvalue weighted by molar-refractivity contribution is -0.135. The second-order valence-corrected chi connectivity index (χ2v) is 8.74. The van der Waals surface area contributed by atoms with Crippen LogP contribution in [0.2, 0.25) is 0 Å². The topological polar surface area (TPSA) is 97.0 Å². The van der Waals surface area contributed by atoms with Gasteiger partial charge in [0.05, 0.1) is 12.4 Å². The standard InChI is InChI=1S/C24H27N5O2.2ClH/c25-20(11-19-12-26-15-27-19)24(31)28-13-17-10-18(14-28)22(9-16-5-2-1-3-6-16)29-21(17)7-4-8-23(29)30;;/h1-8,12,15,17-18,20,22H,9-11,13-14,25H2,(H,26,27);2*1H/t17-,18+,20+,22+;;/m1../s1. The number of rotatable bonds is 5. The number of aromatic nitrogens is 3. The monoisotopic (exact) mass is 489 g/mol. The molecule has 1 aromatic carbocycles. The lowest BCUT2D eigenvalue weighted by atomic mass is 9.76. The summed E-state index contributed by atoms with van der Waals surface area (Å²) in [7, 11) is 0. The van der Waals surface area contributed by atoms with Crippen LogP contribution in [0, 0.1) is 5.92 Å². The van der Waals surface area contributed by atoms with Gasteiger partial charge in [-0.15, -0.1) is 24.8 Å². The van der Waals surface area contributed by atoms with Gasteiger partial charge in [-0.3, -0.25) is 9.59 Å². The van der Waals surface area contributed by atoms with E-state index in [0.29, 0.717) is 19.5 Å². The first-order chi connectivity index (χ1) is 15.1. The quantitative estimate of drug-likeness (QED) is 0.575. The largest absolute Gasteiger partial charge is 0.348 e. The molecule has 0 unspecified atom stereocenters. The maximum Gasteiger partial charge on any atom is 0.251 e. The Morgan fingerprint density at radius 2 is 1.91 bits per heavy atom. The first-order valence-electron chi connectivity index (χ1n) is 10.9. The van der Waals surface area contributed by atoms with Gasteiger partial charge in [0.15, 0.2) is 0 Å². The zero-order chi connectivity index (χ0) is 21.4. The van der Waals surface area contributed by atoms with Gasteiger partial charge in [-0.05, 0) is 30.4 Å². The van der Waals surface area contributed by atoms with Gasteiger partial charge >= 0.3 is 0 Å². The third kappa shape index (κ3) is 5.00. The Bertz CT molecular complexity index is 1120. The van der Waals surface area contributed by atoms with E-state index in [9.17, 15) is 9.59 Å². The number of hydrogen-bond acceptors (Lipinski definition) is 4. The van der Waals surface area contributed by atoms with Crippen molar-refractivity contribution in [2.24, 2.45) is 11.7 Å². The molecule has 0 spiro atoms. The number of fused-ring (bicyclic) bond motifs is 4. The fourth-order valence-electron chi connectivity index (χ4n) is 5.30. The number of likely N-dealkylation sites (tertiary alicyclic amines) is 1. The molecule has 2 aliphatic rings. The summed E-state index contributed by atoms with van der Waals surface area (Å²) in [6, 6.07) is 15.2. The number of imidazole rings is 1. The second kappa shape index (κ2) is 10.5. The fraction of sp³-hybridized carbons (Fsp3) is 0.375. The molecular formula is C24H29Cl2N5O2. The molecule has 1 fully saturated rings. The maximum atomic E-state index is 13.2. The van der Waals surface area contributed by atoms with E-state index in [-0.39, 0.29) is 54.2 Å². The number of benzene rings is 1. The molecule has 9 heteroatoms. The number of pyridine rings is 1. The highest BCUT2D eigenvalue weighted by Gasteiger charge is 2.42. The third-order valence-electron chi connectivity index (χ3n) is 6.71. The van der Waals surface area contributed by atoms with E-state index in [4.69, 9.17) is 5.73 Å². The van der Waals surface area contributed by atoms with Gasteiger partial charge in [0.25, 0.3) is 5.56 Å². The van der Waals surface area contributed by atoms with Gasteiger partial charge in [0.2, 0.25) is 5.91 Å².